The minimum Gasteiger partial charge on any atom is -0.388 e. The SMILES string of the molecule is CC(C)C(C)(O)CNC(=O)COC(C)(C)C. The van der Waals surface area contributed by atoms with E-state index in [0.717, 1.165) is 0 Å². The summed E-state index contributed by atoms with van der Waals surface area (Å²) in [5.74, 6) is -0.104. The second-order valence-corrected chi connectivity index (χ2v) is 5.69. The molecule has 0 saturated carbocycles. The monoisotopic (exact) mass is 231 g/mol. The van der Waals surface area contributed by atoms with Crippen LogP contribution in [0.15, 0.2) is 0 Å². The van der Waals surface area contributed by atoms with Crippen molar-refractivity contribution in [3.8, 4) is 0 Å². The van der Waals surface area contributed by atoms with Crippen LogP contribution in [0, 0.1) is 5.92 Å². The van der Waals surface area contributed by atoms with Crippen LogP contribution in [0.2, 0.25) is 0 Å². The molecule has 1 amide bonds. The Balaban J connectivity index is 3.91. The molecule has 0 aliphatic rings. The van der Waals surface area contributed by atoms with Crippen LogP contribution in [-0.2, 0) is 9.53 Å². The first-order valence-electron chi connectivity index (χ1n) is 5.67. The van der Waals surface area contributed by atoms with Crippen molar-refractivity contribution in [2.24, 2.45) is 5.92 Å². The lowest BCUT2D eigenvalue weighted by atomic mass is 9.92. The third-order valence-corrected chi connectivity index (χ3v) is 2.52. The maximum Gasteiger partial charge on any atom is 0.246 e. The average molecular weight is 231 g/mol. The quantitative estimate of drug-likeness (QED) is 0.750. The molecule has 96 valence electrons. The van der Waals surface area contributed by atoms with Crippen molar-refractivity contribution in [1.82, 2.24) is 5.32 Å². The molecule has 0 aromatic carbocycles. The number of amides is 1. The molecular formula is C12H25NO3. The van der Waals surface area contributed by atoms with E-state index in [1.54, 1.807) is 6.92 Å². The number of nitrogens with one attached hydrogen (secondary N) is 1. The predicted molar refractivity (Wildman–Crippen MR) is 64.2 cm³/mol. The zero-order valence-electron chi connectivity index (χ0n) is 11.3. The van der Waals surface area contributed by atoms with Crippen LogP contribution >= 0.6 is 0 Å². The van der Waals surface area contributed by atoms with Crippen LogP contribution in [0.25, 0.3) is 0 Å². The van der Waals surface area contributed by atoms with Crippen LogP contribution in [0.4, 0.5) is 0 Å². The summed E-state index contributed by atoms with van der Waals surface area (Å²) in [6.45, 7) is 11.5. The van der Waals surface area contributed by atoms with Gasteiger partial charge in [-0.15, -0.1) is 0 Å². The standard InChI is InChI=1S/C12H25NO3/c1-9(2)12(6,15)8-13-10(14)7-16-11(3,4)5/h9,15H,7-8H2,1-6H3,(H,13,14). The highest BCUT2D eigenvalue weighted by Gasteiger charge is 2.25. The van der Waals surface area contributed by atoms with Gasteiger partial charge >= 0.3 is 0 Å². The molecule has 1 unspecified atom stereocenters. The van der Waals surface area contributed by atoms with Gasteiger partial charge in [0.15, 0.2) is 0 Å². The molecule has 0 aromatic heterocycles. The zero-order chi connectivity index (χ0) is 13.0. The molecule has 1 atom stereocenters. The van der Waals surface area contributed by atoms with E-state index >= 15 is 0 Å². The van der Waals surface area contributed by atoms with Crippen LogP contribution in [0.3, 0.4) is 0 Å². The fraction of sp³-hybridized carbons (Fsp3) is 0.917. The average Bonchev–Trinajstić information content (AvgIpc) is 2.10. The van der Waals surface area contributed by atoms with Gasteiger partial charge in [0.25, 0.3) is 0 Å². The van der Waals surface area contributed by atoms with Crippen molar-refractivity contribution >= 4 is 5.91 Å². The van der Waals surface area contributed by atoms with Gasteiger partial charge in [-0.05, 0) is 33.6 Å². The second-order valence-electron chi connectivity index (χ2n) is 5.69. The van der Waals surface area contributed by atoms with Gasteiger partial charge in [-0.3, -0.25) is 4.79 Å². The molecule has 0 radical (unpaired) electrons. The minimum atomic E-state index is -0.878. The third kappa shape index (κ3) is 6.80. The number of carbonyl (C=O) groups excluding carboxylic acids is 1. The lowest BCUT2D eigenvalue weighted by Gasteiger charge is -2.28. The van der Waals surface area contributed by atoms with Gasteiger partial charge < -0.3 is 15.2 Å². The Morgan fingerprint density at radius 2 is 1.81 bits per heavy atom. The summed E-state index contributed by atoms with van der Waals surface area (Å²) in [6, 6.07) is 0. The van der Waals surface area contributed by atoms with E-state index in [9.17, 15) is 9.90 Å². The van der Waals surface area contributed by atoms with Crippen molar-refractivity contribution in [3.05, 3.63) is 0 Å². The van der Waals surface area contributed by atoms with Crippen molar-refractivity contribution in [2.75, 3.05) is 13.2 Å². The van der Waals surface area contributed by atoms with Gasteiger partial charge in [-0.25, -0.2) is 0 Å². The molecule has 0 fully saturated rings. The summed E-state index contributed by atoms with van der Waals surface area (Å²) in [4.78, 5) is 11.4. The Labute approximate surface area is 98.4 Å². The number of ether oxygens (including phenoxy) is 1. The van der Waals surface area contributed by atoms with Crippen molar-refractivity contribution in [1.29, 1.82) is 0 Å². The molecule has 2 N–H and O–H groups in total. The van der Waals surface area contributed by atoms with E-state index in [1.165, 1.54) is 0 Å². The van der Waals surface area contributed by atoms with Crippen molar-refractivity contribution in [3.63, 3.8) is 0 Å². The van der Waals surface area contributed by atoms with Crippen LogP contribution < -0.4 is 5.32 Å². The number of hydrogen-bond acceptors (Lipinski definition) is 3. The molecule has 0 spiro atoms. The highest BCUT2D eigenvalue weighted by atomic mass is 16.5. The lowest BCUT2D eigenvalue weighted by molar-refractivity contribution is -0.132. The summed E-state index contributed by atoms with van der Waals surface area (Å²) in [6.07, 6.45) is 0. The highest BCUT2D eigenvalue weighted by molar-refractivity contribution is 5.77. The molecule has 0 heterocycles. The summed E-state index contributed by atoms with van der Waals surface area (Å²) >= 11 is 0. The fourth-order valence-electron chi connectivity index (χ4n) is 0.815. The molecule has 0 aromatic rings. The molecule has 16 heavy (non-hydrogen) atoms. The second kappa shape index (κ2) is 5.64. The highest BCUT2D eigenvalue weighted by Crippen LogP contribution is 2.14. The van der Waals surface area contributed by atoms with Gasteiger partial charge in [0.1, 0.15) is 6.61 Å². The Kier molecular flexibility index (Phi) is 5.42. The Bertz CT molecular complexity index is 229. The van der Waals surface area contributed by atoms with Gasteiger partial charge in [0.05, 0.1) is 11.2 Å². The Hall–Kier alpha value is -0.610. The van der Waals surface area contributed by atoms with E-state index in [-0.39, 0.29) is 30.6 Å². The first-order valence-corrected chi connectivity index (χ1v) is 5.67. The smallest absolute Gasteiger partial charge is 0.246 e. The van der Waals surface area contributed by atoms with Gasteiger partial charge in [0, 0.05) is 6.54 Å². The molecule has 4 nitrogen and oxygen atoms in total. The van der Waals surface area contributed by atoms with Crippen molar-refractivity contribution in [2.45, 2.75) is 52.7 Å². The number of aliphatic hydroxyl groups is 1. The topological polar surface area (TPSA) is 58.6 Å². The lowest BCUT2D eigenvalue weighted by Crippen LogP contribution is -2.45. The van der Waals surface area contributed by atoms with E-state index in [0.29, 0.717) is 0 Å². The van der Waals surface area contributed by atoms with E-state index < -0.39 is 5.60 Å². The number of hydrogen-bond donors (Lipinski definition) is 2. The molecular weight excluding hydrogens is 206 g/mol. The van der Waals surface area contributed by atoms with E-state index in [2.05, 4.69) is 5.32 Å². The number of carbonyl (C=O) groups is 1. The number of rotatable bonds is 5. The van der Waals surface area contributed by atoms with Crippen LogP contribution in [0.1, 0.15) is 41.5 Å². The first kappa shape index (κ1) is 15.4. The van der Waals surface area contributed by atoms with E-state index in [1.807, 2.05) is 34.6 Å². The summed E-state index contributed by atoms with van der Waals surface area (Å²) in [7, 11) is 0. The van der Waals surface area contributed by atoms with Crippen molar-refractivity contribution < 1.29 is 14.6 Å². The maximum atomic E-state index is 11.4. The molecule has 0 aliphatic carbocycles. The van der Waals surface area contributed by atoms with Gasteiger partial charge in [-0.1, -0.05) is 13.8 Å². The first-order chi connectivity index (χ1) is 7.04. The Morgan fingerprint density at radius 1 is 1.31 bits per heavy atom. The van der Waals surface area contributed by atoms with E-state index in [4.69, 9.17) is 4.74 Å². The molecule has 0 bridgehead atoms. The molecule has 0 saturated heterocycles. The van der Waals surface area contributed by atoms with Crippen LogP contribution in [-0.4, -0.2) is 35.4 Å². The van der Waals surface area contributed by atoms with Crippen LogP contribution in [0.5, 0.6) is 0 Å². The predicted octanol–water partition coefficient (Wildman–Crippen LogP) is 1.32. The van der Waals surface area contributed by atoms with Gasteiger partial charge in [0.2, 0.25) is 5.91 Å². The van der Waals surface area contributed by atoms with Gasteiger partial charge in [-0.2, -0.15) is 0 Å². The summed E-state index contributed by atoms with van der Waals surface area (Å²) < 4.78 is 5.32. The minimum absolute atomic E-state index is 0.0255. The molecule has 0 aliphatic heterocycles. The summed E-state index contributed by atoms with van der Waals surface area (Å²) in [5.41, 5.74) is -1.20. The Morgan fingerprint density at radius 3 is 2.19 bits per heavy atom. The largest absolute Gasteiger partial charge is 0.388 e. The third-order valence-electron chi connectivity index (χ3n) is 2.52. The zero-order valence-corrected chi connectivity index (χ0v) is 11.3. The maximum absolute atomic E-state index is 11.4. The molecule has 4 heteroatoms. The fourth-order valence-corrected chi connectivity index (χ4v) is 0.815. The normalized spacial score (nSPS) is 16.0. The summed E-state index contributed by atoms with van der Waals surface area (Å²) in [5, 5.41) is 12.6. The molecule has 0 rings (SSSR count).